The standard InChI is InChI=1S/C17H21F2N3O/c1-12(2)22-10-13(8-20-22)9-21-5-6-23-17(11-21)15-4-3-14(18)7-16(15)19/h3-4,7-8,10,12,17H,5-6,9,11H2,1-2H3. The summed E-state index contributed by atoms with van der Waals surface area (Å²) in [6.07, 6.45) is 3.53. The SMILES string of the molecule is CC(C)n1cc(CN2CCOC(c3ccc(F)cc3F)C2)cn1. The molecule has 1 aromatic carbocycles. The number of ether oxygens (including phenoxy) is 1. The highest BCUT2D eigenvalue weighted by Gasteiger charge is 2.25. The molecule has 2 heterocycles. The number of hydrogen-bond donors (Lipinski definition) is 0. The van der Waals surface area contributed by atoms with E-state index in [4.69, 9.17) is 4.74 Å². The summed E-state index contributed by atoms with van der Waals surface area (Å²) < 4.78 is 34.6. The molecule has 0 saturated carbocycles. The summed E-state index contributed by atoms with van der Waals surface area (Å²) in [5.74, 6) is -1.12. The van der Waals surface area contributed by atoms with E-state index < -0.39 is 11.6 Å². The molecule has 2 aromatic rings. The Kier molecular flexibility index (Phi) is 4.73. The topological polar surface area (TPSA) is 30.3 Å². The van der Waals surface area contributed by atoms with Crippen LogP contribution in [0.3, 0.4) is 0 Å². The molecule has 0 radical (unpaired) electrons. The summed E-state index contributed by atoms with van der Waals surface area (Å²) in [5.41, 5.74) is 1.54. The van der Waals surface area contributed by atoms with Crippen LogP contribution in [0.15, 0.2) is 30.6 Å². The van der Waals surface area contributed by atoms with E-state index in [9.17, 15) is 8.78 Å². The number of benzene rings is 1. The second-order valence-corrected chi connectivity index (χ2v) is 6.18. The van der Waals surface area contributed by atoms with Crippen molar-refractivity contribution in [1.82, 2.24) is 14.7 Å². The molecule has 0 amide bonds. The number of morpholine rings is 1. The molecule has 0 spiro atoms. The average molecular weight is 321 g/mol. The van der Waals surface area contributed by atoms with Gasteiger partial charge in [0.25, 0.3) is 0 Å². The van der Waals surface area contributed by atoms with Crippen molar-refractivity contribution in [2.75, 3.05) is 19.7 Å². The van der Waals surface area contributed by atoms with E-state index >= 15 is 0 Å². The van der Waals surface area contributed by atoms with Gasteiger partial charge in [0, 0.05) is 49.1 Å². The highest BCUT2D eigenvalue weighted by atomic mass is 19.1. The zero-order valence-electron chi connectivity index (χ0n) is 13.4. The Hall–Kier alpha value is -1.79. The molecule has 3 rings (SSSR count). The molecule has 1 atom stereocenters. The molecule has 1 fully saturated rings. The Morgan fingerprint density at radius 3 is 2.87 bits per heavy atom. The molecule has 1 aliphatic rings. The lowest BCUT2D eigenvalue weighted by Gasteiger charge is -2.33. The zero-order valence-corrected chi connectivity index (χ0v) is 13.4. The van der Waals surface area contributed by atoms with Gasteiger partial charge in [0.2, 0.25) is 0 Å². The van der Waals surface area contributed by atoms with Crippen LogP contribution < -0.4 is 0 Å². The fraction of sp³-hybridized carbons (Fsp3) is 0.471. The van der Waals surface area contributed by atoms with E-state index in [0.717, 1.165) is 24.7 Å². The highest BCUT2D eigenvalue weighted by molar-refractivity contribution is 5.22. The van der Waals surface area contributed by atoms with Crippen molar-refractivity contribution in [2.45, 2.75) is 32.5 Å². The Morgan fingerprint density at radius 2 is 2.17 bits per heavy atom. The lowest BCUT2D eigenvalue weighted by atomic mass is 10.1. The van der Waals surface area contributed by atoms with Gasteiger partial charge in [-0.2, -0.15) is 5.10 Å². The molecule has 0 N–H and O–H groups in total. The van der Waals surface area contributed by atoms with E-state index in [-0.39, 0.29) is 6.10 Å². The maximum Gasteiger partial charge on any atom is 0.131 e. The van der Waals surface area contributed by atoms with Crippen molar-refractivity contribution in [2.24, 2.45) is 0 Å². The second-order valence-electron chi connectivity index (χ2n) is 6.18. The number of rotatable bonds is 4. The number of halogens is 2. The lowest BCUT2D eigenvalue weighted by Crippen LogP contribution is -2.38. The lowest BCUT2D eigenvalue weighted by molar-refractivity contribution is -0.0345. The first-order valence-corrected chi connectivity index (χ1v) is 7.85. The van der Waals surface area contributed by atoms with Crippen LogP contribution in [0.1, 0.15) is 37.1 Å². The van der Waals surface area contributed by atoms with E-state index in [0.29, 0.717) is 24.8 Å². The van der Waals surface area contributed by atoms with E-state index in [2.05, 4.69) is 23.8 Å². The summed E-state index contributed by atoms with van der Waals surface area (Å²) in [7, 11) is 0. The maximum atomic E-state index is 13.9. The molecule has 23 heavy (non-hydrogen) atoms. The molecule has 1 aromatic heterocycles. The third-order valence-corrected chi connectivity index (χ3v) is 4.05. The van der Waals surface area contributed by atoms with Gasteiger partial charge in [-0.3, -0.25) is 9.58 Å². The number of aromatic nitrogens is 2. The van der Waals surface area contributed by atoms with Gasteiger partial charge in [0.1, 0.15) is 11.6 Å². The summed E-state index contributed by atoms with van der Waals surface area (Å²) in [6.45, 7) is 6.80. The van der Waals surface area contributed by atoms with Crippen LogP contribution in [0.2, 0.25) is 0 Å². The highest BCUT2D eigenvalue weighted by Crippen LogP contribution is 2.26. The fourth-order valence-corrected chi connectivity index (χ4v) is 2.80. The Labute approximate surface area is 134 Å². The van der Waals surface area contributed by atoms with Gasteiger partial charge in [0.05, 0.1) is 18.9 Å². The summed E-state index contributed by atoms with van der Waals surface area (Å²) in [6, 6.07) is 3.97. The molecule has 4 nitrogen and oxygen atoms in total. The third kappa shape index (κ3) is 3.76. The zero-order chi connectivity index (χ0) is 16.4. The van der Waals surface area contributed by atoms with Crippen molar-refractivity contribution in [3.05, 3.63) is 53.4 Å². The van der Waals surface area contributed by atoms with E-state index in [1.165, 1.54) is 12.1 Å². The van der Waals surface area contributed by atoms with Gasteiger partial charge >= 0.3 is 0 Å². The summed E-state index contributed by atoms with van der Waals surface area (Å²) >= 11 is 0. The molecule has 0 aliphatic carbocycles. The predicted molar refractivity (Wildman–Crippen MR) is 82.9 cm³/mol. The van der Waals surface area contributed by atoms with Gasteiger partial charge in [-0.15, -0.1) is 0 Å². The smallest absolute Gasteiger partial charge is 0.131 e. The largest absolute Gasteiger partial charge is 0.371 e. The number of hydrogen-bond acceptors (Lipinski definition) is 3. The van der Waals surface area contributed by atoms with Crippen molar-refractivity contribution >= 4 is 0 Å². The molecular formula is C17H21F2N3O. The van der Waals surface area contributed by atoms with Crippen molar-refractivity contribution in [1.29, 1.82) is 0 Å². The normalized spacial score (nSPS) is 19.4. The van der Waals surface area contributed by atoms with E-state index in [1.54, 1.807) is 0 Å². The Morgan fingerprint density at radius 1 is 1.35 bits per heavy atom. The molecule has 6 heteroatoms. The van der Waals surface area contributed by atoms with Gasteiger partial charge < -0.3 is 4.74 Å². The van der Waals surface area contributed by atoms with Crippen LogP contribution >= 0.6 is 0 Å². The minimum absolute atomic E-state index is 0.328. The summed E-state index contributed by atoms with van der Waals surface area (Å²) in [4.78, 5) is 2.21. The molecule has 0 bridgehead atoms. The first-order chi connectivity index (χ1) is 11.0. The van der Waals surface area contributed by atoms with Crippen LogP contribution in [0.4, 0.5) is 8.78 Å². The molecule has 1 unspecified atom stereocenters. The Balaban J connectivity index is 1.68. The fourth-order valence-electron chi connectivity index (χ4n) is 2.80. The van der Waals surface area contributed by atoms with Crippen molar-refractivity contribution in [3.8, 4) is 0 Å². The Bertz CT molecular complexity index is 672. The van der Waals surface area contributed by atoms with Gasteiger partial charge in [0.15, 0.2) is 0 Å². The molecule has 124 valence electrons. The number of nitrogens with zero attached hydrogens (tertiary/aromatic N) is 3. The average Bonchev–Trinajstić information content (AvgIpc) is 2.96. The van der Waals surface area contributed by atoms with E-state index in [1.807, 2.05) is 17.1 Å². The van der Waals surface area contributed by atoms with Crippen LogP contribution in [0.25, 0.3) is 0 Å². The maximum absolute atomic E-state index is 13.9. The van der Waals surface area contributed by atoms with Crippen LogP contribution in [0, 0.1) is 11.6 Å². The monoisotopic (exact) mass is 321 g/mol. The quantitative estimate of drug-likeness (QED) is 0.865. The second kappa shape index (κ2) is 6.76. The third-order valence-electron chi connectivity index (χ3n) is 4.05. The van der Waals surface area contributed by atoms with Crippen molar-refractivity contribution < 1.29 is 13.5 Å². The van der Waals surface area contributed by atoms with Gasteiger partial charge in [-0.25, -0.2) is 8.78 Å². The predicted octanol–water partition coefficient (Wildman–Crippen LogP) is 3.32. The van der Waals surface area contributed by atoms with Crippen LogP contribution in [-0.2, 0) is 11.3 Å². The minimum atomic E-state index is -0.569. The molecule has 1 saturated heterocycles. The minimum Gasteiger partial charge on any atom is -0.371 e. The van der Waals surface area contributed by atoms with Gasteiger partial charge in [-0.1, -0.05) is 6.07 Å². The van der Waals surface area contributed by atoms with Crippen LogP contribution in [-0.4, -0.2) is 34.4 Å². The molecule has 1 aliphatic heterocycles. The first-order valence-electron chi connectivity index (χ1n) is 7.85. The van der Waals surface area contributed by atoms with Crippen molar-refractivity contribution in [3.63, 3.8) is 0 Å². The van der Waals surface area contributed by atoms with Crippen LogP contribution in [0.5, 0.6) is 0 Å². The first kappa shape index (κ1) is 16.1. The molecular weight excluding hydrogens is 300 g/mol. The van der Waals surface area contributed by atoms with Gasteiger partial charge in [-0.05, 0) is 19.9 Å². The summed E-state index contributed by atoms with van der Waals surface area (Å²) in [5, 5.41) is 4.34.